The molecule has 0 spiro atoms. The summed E-state index contributed by atoms with van der Waals surface area (Å²) >= 11 is 2.90. The van der Waals surface area contributed by atoms with Crippen molar-refractivity contribution in [3.8, 4) is 11.3 Å². The lowest BCUT2D eigenvalue weighted by atomic mass is 10.1. The first kappa shape index (κ1) is 13.0. The Morgan fingerprint density at radius 2 is 2.00 bits per heavy atom. The summed E-state index contributed by atoms with van der Waals surface area (Å²) in [5.41, 5.74) is 0.0329. The largest absolute Gasteiger partial charge is 0.461 e. The average molecular weight is 315 g/mol. The highest BCUT2D eigenvalue weighted by molar-refractivity contribution is 9.10. The maximum atomic E-state index is 13.7. The first-order valence-electron chi connectivity index (χ1n) is 5.20. The molecule has 2 aromatic rings. The minimum atomic E-state index is -0.591. The quantitative estimate of drug-likeness (QED) is 0.798. The smallest absolute Gasteiger partial charge is 0.138 e. The van der Waals surface area contributed by atoms with E-state index >= 15 is 0 Å². The van der Waals surface area contributed by atoms with E-state index in [1.54, 1.807) is 6.07 Å². The van der Waals surface area contributed by atoms with Crippen LogP contribution in [-0.4, -0.2) is 5.78 Å². The molecule has 1 aromatic carbocycles. The van der Waals surface area contributed by atoms with Gasteiger partial charge in [-0.15, -0.1) is 0 Å². The number of Topliss-reactive ketones (excluding diaryl/α,β-unsaturated/α-hetero) is 1. The molecule has 0 amide bonds. The number of benzene rings is 1. The number of hydrogen-bond donors (Lipinski definition) is 0. The molecule has 0 saturated heterocycles. The lowest BCUT2D eigenvalue weighted by Gasteiger charge is -2.02. The maximum absolute atomic E-state index is 13.7. The van der Waals surface area contributed by atoms with E-state index in [2.05, 4.69) is 15.9 Å². The fourth-order valence-electron chi connectivity index (χ4n) is 1.57. The fraction of sp³-hybridized carbons (Fsp3) is 0.154. The van der Waals surface area contributed by atoms with Gasteiger partial charge >= 0.3 is 0 Å². The van der Waals surface area contributed by atoms with Gasteiger partial charge in [-0.3, -0.25) is 4.79 Å². The predicted octanol–water partition coefficient (Wildman–Crippen LogP) is 4.12. The Labute approximate surface area is 111 Å². The molecule has 0 aliphatic rings. The van der Waals surface area contributed by atoms with E-state index in [0.717, 1.165) is 12.1 Å². The molecule has 5 heteroatoms. The number of ketones is 1. The molecule has 0 fully saturated rings. The molecule has 0 saturated carbocycles. The third-order valence-corrected chi connectivity index (χ3v) is 2.97. The van der Waals surface area contributed by atoms with E-state index in [0.29, 0.717) is 5.76 Å². The standard InChI is InChI=1S/C13H9BrF2O2/c1-7(17)4-8-2-3-13(18-8)9-5-12(16)10(14)6-11(9)15/h2-3,5-6H,4H2,1H3. The molecule has 94 valence electrons. The molecule has 2 rings (SSSR count). The van der Waals surface area contributed by atoms with Crippen LogP contribution < -0.4 is 0 Å². The van der Waals surface area contributed by atoms with Crippen LogP contribution in [0.5, 0.6) is 0 Å². The van der Waals surface area contributed by atoms with Crippen molar-refractivity contribution in [2.45, 2.75) is 13.3 Å². The van der Waals surface area contributed by atoms with Gasteiger partial charge in [-0.05, 0) is 47.1 Å². The molecule has 0 aliphatic carbocycles. The van der Waals surface area contributed by atoms with Gasteiger partial charge in [0.05, 0.1) is 16.5 Å². The third-order valence-electron chi connectivity index (χ3n) is 2.36. The number of hydrogen-bond acceptors (Lipinski definition) is 2. The van der Waals surface area contributed by atoms with Crippen molar-refractivity contribution >= 4 is 21.7 Å². The van der Waals surface area contributed by atoms with E-state index < -0.39 is 11.6 Å². The van der Waals surface area contributed by atoms with Crippen molar-refractivity contribution in [3.05, 3.63) is 46.1 Å². The molecule has 0 aliphatic heterocycles. The molecular weight excluding hydrogens is 306 g/mol. The third kappa shape index (κ3) is 2.67. The van der Waals surface area contributed by atoms with Crippen LogP contribution in [0.2, 0.25) is 0 Å². The Hall–Kier alpha value is -1.49. The van der Waals surface area contributed by atoms with Gasteiger partial charge in [0.25, 0.3) is 0 Å². The highest BCUT2D eigenvalue weighted by Gasteiger charge is 2.14. The SMILES string of the molecule is CC(=O)Cc1ccc(-c2cc(F)c(Br)cc2F)o1. The molecule has 18 heavy (non-hydrogen) atoms. The monoisotopic (exact) mass is 314 g/mol. The van der Waals surface area contributed by atoms with E-state index in [1.165, 1.54) is 13.0 Å². The van der Waals surface area contributed by atoms with E-state index in [1.807, 2.05) is 0 Å². The highest BCUT2D eigenvalue weighted by atomic mass is 79.9. The van der Waals surface area contributed by atoms with Gasteiger partial charge in [0.15, 0.2) is 0 Å². The summed E-state index contributed by atoms with van der Waals surface area (Å²) in [5.74, 6) is -0.586. The minimum Gasteiger partial charge on any atom is -0.461 e. The first-order valence-corrected chi connectivity index (χ1v) is 5.99. The van der Waals surface area contributed by atoms with Crippen LogP contribution in [0.15, 0.2) is 33.2 Å². The molecule has 0 unspecified atom stereocenters. The Balaban J connectivity index is 2.40. The number of carbonyl (C=O) groups excluding carboxylic acids is 1. The zero-order chi connectivity index (χ0) is 13.3. The van der Waals surface area contributed by atoms with Gasteiger partial charge in [0.1, 0.15) is 28.9 Å². The Kier molecular flexibility index (Phi) is 3.61. The van der Waals surface area contributed by atoms with Crippen molar-refractivity contribution in [2.24, 2.45) is 0 Å². The summed E-state index contributed by atoms with van der Waals surface area (Å²) in [6, 6.07) is 5.19. The van der Waals surface area contributed by atoms with Crippen LogP contribution in [0.3, 0.4) is 0 Å². The maximum Gasteiger partial charge on any atom is 0.138 e. The zero-order valence-electron chi connectivity index (χ0n) is 9.47. The second-order valence-corrected chi connectivity index (χ2v) is 4.75. The summed E-state index contributed by atoms with van der Waals surface area (Å²) in [4.78, 5) is 10.9. The fourth-order valence-corrected chi connectivity index (χ4v) is 1.89. The summed E-state index contributed by atoms with van der Waals surface area (Å²) in [6.45, 7) is 1.43. The lowest BCUT2D eigenvalue weighted by Crippen LogP contribution is -1.93. The van der Waals surface area contributed by atoms with Crippen LogP contribution in [0, 0.1) is 11.6 Å². The van der Waals surface area contributed by atoms with Crippen molar-refractivity contribution in [1.29, 1.82) is 0 Å². The van der Waals surface area contributed by atoms with Crippen LogP contribution >= 0.6 is 15.9 Å². The Bertz CT molecular complexity index is 605. The topological polar surface area (TPSA) is 30.2 Å². The second kappa shape index (κ2) is 5.02. The zero-order valence-corrected chi connectivity index (χ0v) is 11.1. The summed E-state index contributed by atoms with van der Waals surface area (Å²) in [7, 11) is 0. The molecule has 0 bridgehead atoms. The molecule has 0 atom stereocenters. The highest BCUT2D eigenvalue weighted by Crippen LogP contribution is 2.29. The Morgan fingerprint density at radius 3 is 2.67 bits per heavy atom. The molecule has 0 radical (unpaired) electrons. The van der Waals surface area contributed by atoms with Crippen molar-refractivity contribution in [3.63, 3.8) is 0 Å². The van der Waals surface area contributed by atoms with Gasteiger partial charge in [0.2, 0.25) is 0 Å². The molecule has 1 aromatic heterocycles. The van der Waals surface area contributed by atoms with Gasteiger partial charge in [0, 0.05) is 0 Å². The van der Waals surface area contributed by atoms with E-state index in [9.17, 15) is 13.6 Å². The number of rotatable bonds is 3. The van der Waals surface area contributed by atoms with Crippen molar-refractivity contribution < 1.29 is 18.0 Å². The summed E-state index contributed by atoms with van der Waals surface area (Å²) < 4.78 is 32.4. The van der Waals surface area contributed by atoms with Crippen LogP contribution in [0.1, 0.15) is 12.7 Å². The number of carbonyl (C=O) groups is 1. The second-order valence-electron chi connectivity index (χ2n) is 3.89. The normalized spacial score (nSPS) is 10.7. The predicted molar refractivity (Wildman–Crippen MR) is 66.1 cm³/mol. The van der Waals surface area contributed by atoms with Gasteiger partial charge < -0.3 is 4.42 Å². The van der Waals surface area contributed by atoms with Crippen LogP contribution in [0.4, 0.5) is 8.78 Å². The van der Waals surface area contributed by atoms with E-state index in [-0.39, 0.29) is 28.0 Å². The van der Waals surface area contributed by atoms with E-state index in [4.69, 9.17) is 4.42 Å². The summed E-state index contributed by atoms with van der Waals surface area (Å²) in [5, 5.41) is 0. The lowest BCUT2D eigenvalue weighted by molar-refractivity contribution is -0.116. The average Bonchev–Trinajstić information content (AvgIpc) is 2.70. The molecular formula is C13H9BrF2O2. The van der Waals surface area contributed by atoms with Gasteiger partial charge in [-0.2, -0.15) is 0 Å². The van der Waals surface area contributed by atoms with Crippen LogP contribution in [0.25, 0.3) is 11.3 Å². The molecule has 1 heterocycles. The summed E-state index contributed by atoms with van der Waals surface area (Å²) in [6.07, 6.45) is 0.140. The Morgan fingerprint density at radius 1 is 1.28 bits per heavy atom. The van der Waals surface area contributed by atoms with Crippen molar-refractivity contribution in [1.82, 2.24) is 0 Å². The number of halogens is 3. The minimum absolute atomic E-state index is 0.0329. The first-order chi connectivity index (χ1) is 8.47. The number of furan rings is 1. The van der Waals surface area contributed by atoms with Gasteiger partial charge in [-0.1, -0.05) is 0 Å². The van der Waals surface area contributed by atoms with Crippen molar-refractivity contribution in [2.75, 3.05) is 0 Å². The molecule has 2 nitrogen and oxygen atoms in total. The molecule has 0 N–H and O–H groups in total. The van der Waals surface area contributed by atoms with Crippen LogP contribution in [-0.2, 0) is 11.2 Å². The van der Waals surface area contributed by atoms with Gasteiger partial charge in [-0.25, -0.2) is 8.78 Å².